The van der Waals surface area contributed by atoms with Crippen molar-refractivity contribution >= 4 is 11.7 Å². The number of aliphatic hydroxyl groups excluding tert-OH is 1. The van der Waals surface area contributed by atoms with Crippen molar-refractivity contribution in [3.8, 4) is 6.07 Å². The number of nitriles is 1. The summed E-state index contributed by atoms with van der Waals surface area (Å²) in [7, 11) is 0. The van der Waals surface area contributed by atoms with Gasteiger partial charge in [0.25, 0.3) is 6.02 Å². The number of halogens is 4. The molecule has 2 aliphatic rings. The molecule has 0 saturated carbocycles. The molecular formula is C20H17F4N5O3. The molecular weight excluding hydrogens is 434 g/mol. The number of aliphatic imine (C=N–C) groups is 1. The van der Waals surface area contributed by atoms with Gasteiger partial charge in [-0.1, -0.05) is 0 Å². The molecule has 1 aromatic carbocycles. The first-order valence-corrected chi connectivity index (χ1v) is 9.41. The second-order valence-electron chi connectivity index (χ2n) is 7.39. The first kappa shape index (κ1) is 21.8. The van der Waals surface area contributed by atoms with Gasteiger partial charge in [-0.2, -0.15) is 18.4 Å². The van der Waals surface area contributed by atoms with E-state index in [2.05, 4.69) is 15.3 Å². The molecule has 32 heavy (non-hydrogen) atoms. The molecule has 3 heterocycles. The van der Waals surface area contributed by atoms with Crippen LogP contribution in [-0.2, 0) is 15.0 Å². The number of hydrogen-bond acceptors (Lipinski definition) is 8. The van der Waals surface area contributed by atoms with E-state index in [1.165, 1.54) is 30.5 Å². The number of nitrogens with two attached hydrogens (primary N) is 1. The maximum absolute atomic E-state index is 14.9. The highest BCUT2D eigenvalue weighted by Gasteiger charge is 2.62. The van der Waals surface area contributed by atoms with Crippen LogP contribution in [0.3, 0.4) is 0 Å². The number of aromatic nitrogens is 1. The van der Waals surface area contributed by atoms with Crippen molar-refractivity contribution in [1.29, 1.82) is 5.26 Å². The zero-order valence-electron chi connectivity index (χ0n) is 16.3. The van der Waals surface area contributed by atoms with Crippen molar-refractivity contribution in [2.75, 3.05) is 18.5 Å². The van der Waals surface area contributed by atoms with Gasteiger partial charge in [0.2, 0.25) is 0 Å². The Bertz CT molecular complexity index is 1090. The summed E-state index contributed by atoms with van der Waals surface area (Å²) in [6.07, 6.45) is -6.97. The topological polar surface area (TPSA) is 126 Å². The molecule has 2 aliphatic heterocycles. The van der Waals surface area contributed by atoms with Crippen LogP contribution in [0.25, 0.3) is 0 Å². The van der Waals surface area contributed by atoms with E-state index in [0.29, 0.717) is 5.56 Å². The van der Waals surface area contributed by atoms with Crippen molar-refractivity contribution in [1.82, 2.24) is 4.98 Å². The molecule has 8 nitrogen and oxygen atoms in total. The number of ether oxygens (including phenoxy) is 2. The molecule has 168 valence electrons. The first-order chi connectivity index (χ1) is 15.1. The predicted molar refractivity (Wildman–Crippen MR) is 102 cm³/mol. The van der Waals surface area contributed by atoms with Crippen molar-refractivity contribution in [3.63, 3.8) is 0 Å². The largest absolute Gasteiger partial charge is 0.465 e. The van der Waals surface area contributed by atoms with Crippen molar-refractivity contribution in [3.05, 3.63) is 59.2 Å². The third-order valence-corrected chi connectivity index (χ3v) is 5.44. The fourth-order valence-corrected chi connectivity index (χ4v) is 3.91. The monoisotopic (exact) mass is 451 g/mol. The summed E-state index contributed by atoms with van der Waals surface area (Å²) in [4.78, 5) is 8.01. The molecule has 0 radical (unpaired) electrons. The lowest BCUT2D eigenvalue weighted by atomic mass is 9.77. The highest BCUT2D eigenvalue weighted by Crippen LogP contribution is 2.50. The number of nitrogens with zero attached hydrogens (tertiary/aromatic N) is 3. The third kappa shape index (κ3) is 3.80. The molecule has 0 amide bonds. The fraction of sp³-hybridized carbons (Fsp3) is 0.350. The number of pyridine rings is 1. The van der Waals surface area contributed by atoms with Gasteiger partial charge in [0.15, 0.2) is 12.3 Å². The standard InChI is InChI=1S/C20H17F4N5O3/c21-14-3-2-11(28-17(30)15-4-1-10(6-25)7-27-15)5-12(14)19-9-32-16(20(22,23)24)13(19)8-31-18(26)29-19/h1-5,7,13,16-17,28,30H,8-9H2,(H2,26,29). The minimum absolute atomic E-state index is 0.175. The normalized spacial score (nSPS) is 25.8. The summed E-state index contributed by atoms with van der Waals surface area (Å²) in [6.45, 7) is -1.000. The van der Waals surface area contributed by atoms with Crippen LogP contribution in [0.15, 0.2) is 41.5 Å². The molecule has 0 bridgehead atoms. The minimum atomic E-state index is -4.71. The molecule has 1 aromatic heterocycles. The van der Waals surface area contributed by atoms with Crippen molar-refractivity contribution < 1.29 is 32.1 Å². The first-order valence-electron chi connectivity index (χ1n) is 9.41. The molecule has 2 aromatic rings. The number of benzene rings is 1. The van der Waals surface area contributed by atoms with Crippen LogP contribution in [0.1, 0.15) is 23.0 Å². The summed E-state index contributed by atoms with van der Waals surface area (Å²) >= 11 is 0. The second kappa shape index (κ2) is 7.92. The Morgan fingerprint density at radius 3 is 2.75 bits per heavy atom. The van der Waals surface area contributed by atoms with E-state index in [4.69, 9.17) is 20.5 Å². The third-order valence-electron chi connectivity index (χ3n) is 5.44. The van der Waals surface area contributed by atoms with E-state index >= 15 is 0 Å². The molecule has 0 aliphatic carbocycles. The lowest BCUT2D eigenvalue weighted by Crippen LogP contribution is -2.48. The molecule has 4 rings (SSSR count). The zero-order chi connectivity index (χ0) is 23.1. The van der Waals surface area contributed by atoms with Gasteiger partial charge in [0.05, 0.1) is 30.4 Å². The molecule has 4 atom stereocenters. The number of nitrogens with one attached hydrogen (secondary N) is 1. The molecule has 1 saturated heterocycles. The lowest BCUT2D eigenvalue weighted by molar-refractivity contribution is -0.219. The van der Waals surface area contributed by atoms with E-state index in [0.717, 1.165) is 6.07 Å². The van der Waals surface area contributed by atoms with E-state index in [1.807, 2.05) is 6.07 Å². The maximum atomic E-state index is 14.9. The van der Waals surface area contributed by atoms with Crippen LogP contribution in [0.2, 0.25) is 0 Å². The molecule has 0 spiro atoms. The van der Waals surface area contributed by atoms with Gasteiger partial charge in [0.1, 0.15) is 17.4 Å². The van der Waals surface area contributed by atoms with Crippen LogP contribution in [0.5, 0.6) is 0 Å². The van der Waals surface area contributed by atoms with Gasteiger partial charge in [-0.25, -0.2) is 9.38 Å². The second-order valence-corrected chi connectivity index (χ2v) is 7.39. The Labute approximate surface area is 179 Å². The van der Waals surface area contributed by atoms with Crippen LogP contribution in [0.4, 0.5) is 23.2 Å². The lowest BCUT2D eigenvalue weighted by Gasteiger charge is -2.36. The predicted octanol–water partition coefficient (Wildman–Crippen LogP) is 2.31. The van der Waals surface area contributed by atoms with Crippen LogP contribution in [-0.4, -0.2) is 41.6 Å². The average Bonchev–Trinajstić information content (AvgIpc) is 3.15. The number of amidine groups is 1. The summed E-state index contributed by atoms with van der Waals surface area (Å²) in [5.41, 5.74) is 4.37. The van der Waals surface area contributed by atoms with Gasteiger partial charge < -0.3 is 25.6 Å². The Morgan fingerprint density at radius 2 is 2.09 bits per heavy atom. The highest BCUT2D eigenvalue weighted by atomic mass is 19.4. The number of aliphatic hydroxyl groups is 1. The molecule has 4 N–H and O–H groups in total. The van der Waals surface area contributed by atoms with E-state index in [9.17, 15) is 22.7 Å². The van der Waals surface area contributed by atoms with Crippen molar-refractivity contribution in [2.45, 2.75) is 24.0 Å². The van der Waals surface area contributed by atoms with Crippen LogP contribution < -0.4 is 11.1 Å². The number of fused-ring (bicyclic) bond motifs is 1. The zero-order valence-corrected chi connectivity index (χ0v) is 16.3. The number of alkyl halides is 3. The average molecular weight is 451 g/mol. The maximum Gasteiger partial charge on any atom is 0.415 e. The summed E-state index contributed by atoms with van der Waals surface area (Å²) < 4.78 is 65.3. The summed E-state index contributed by atoms with van der Waals surface area (Å²) in [6, 6.07) is 8.02. The van der Waals surface area contributed by atoms with Gasteiger partial charge in [-0.15, -0.1) is 0 Å². The Hall–Kier alpha value is -3.43. The molecule has 1 fully saturated rings. The summed E-state index contributed by atoms with van der Waals surface area (Å²) in [5.74, 6) is -2.17. The van der Waals surface area contributed by atoms with E-state index in [-0.39, 0.29) is 23.0 Å². The Balaban J connectivity index is 1.68. The van der Waals surface area contributed by atoms with Gasteiger partial charge in [-0.3, -0.25) is 4.98 Å². The quantitative estimate of drug-likeness (QED) is 0.481. The Morgan fingerprint density at radius 1 is 1.31 bits per heavy atom. The van der Waals surface area contributed by atoms with Gasteiger partial charge in [0, 0.05) is 17.4 Å². The van der Waals surface area contributed by atoms with Gasteiger partial charge >= 0.3 is 6.18 Å². The number of anilines is 1. The fourth-order valence-electron chi connectivity index (χ4n) is 3.91. The van der Waals surface area contributed by atoms with E-state index in [1.54, 1.807) is 0 Å². The van der Waals surface area contributed by atoms with Crippen molar-refractivity contribution in [2.24, 2.45) is 16.6 Å². The van der Waals surface area contributed by atoms with E-state index < -0.39 is 49.0 Å². The SMILES string of the molecule is N#Cc1ccc(C(O)Nc2ccc(F)c(C34COC(C(F)(F)F)C3COC(N)=N4)c2)nc1. The Kier molecular flexibility index (Phi) is 5.39. The summed E-state index contributed by atoms with van der Waals surface area (Å²) in [5, 5.41) is 21.9. The highest BCUT2D eigenvalue weighted by molar-refractivity contribution is 5.73. The molecule has 12 heteroatoms. The van der Waals surface area contributed by atoms with Crippen LogP contribution in [0, 0.1) is 23.1 Å². The number of hydrogen-bond donors (Lipinski definition) is 3. The van der Waals surface area contributed by atoms with Crippen LogP contribution >= 0.6 is 0 Å². The smallest absolute Gasteiger partial charge is 0.415 e. The molecule has 4 unspecified atom stereocenters. The van der Waals surface area contributed by atoms with Gasteiger partial charge in [-0.05, 0) is 30.3 Å². The number of rotatable bonds is 4. The minimum Gasteiger partial charge on any atom is -0.465 e.